The molecule has 1 aliphatic carbocycles. The minimum absolute atomic E-state index is 0.0432. The lowest BCUT2D eigenvalue weighted by molar-refractivity contribution is -0.136. The Balaban J connectivity index is 1.81. The lowest BCUT2D eigenvalue weighted by Gasteiger charge is -2.34. The van der Waals surface area contributed by atoms with E-state index in [9.17, 15) is 13.2 Å². The SMILES string of the molecule is CN(C)S(=O)(=O)NC1CCC(C(=O)N2CCSCC2)CC1. The highest BCUT2D eigenvalue weighted by atomic mass is 32.2. The van der Waals surface area contributed by atoms with Crippen molar-refractivity contribution in [2.75, 3.05) is 38.7 Å². The van der Waals surface area contributed by atoms with Crippen LogP contribution in [0, 0.1) is 5.92 Å². The van der Waals surface area contributed by atoms with Gasteiger partial charge in [-0.05, 0) is 25.7 Å². The van der Waals surface area contributed by atoms with E-state index in [2.05, 4.69) is 4.72 Å². The van der Waals surface area contributed by atoms with Crippen LogP contribution in [0.3, 0.4) is 0 Å². The van der Waals surface area contributed by atoms with Gasteiger partial charge in [0.25, 0.3) is 10.2 Å². The summed E-state index contributed by atoms with van der Waals surface area (Å²) in [6.07, 6.45) is 3.05. The molecular formula is C13H25N3O3S2. The van der Waals surface area contributed by atoms with Gasteiger partial charge in [0.05, 0.1) is 0 Å². The molecule has 8 heteroatoms. The molecule has 1 heterocycles. The second kappa shape index (κ2) is 7.30. The fourth-order valence-corrected chi connectivity index (χ4v) is 4.59. The van der Waals surface area contributed by atoms with Gasteiger partial charge in [-0.15, -0.1) is 0 Å². The number of carbonyl (C=O) groups excluding carboxylic acids is 1. The van der Waals surface area contributed by atoms with Crippen LogP contribution in [0.2, 0.25) is 0 Å². The highest BCUT2D eigenvalue weighted by molar-refractivity contribution is 7.99. The minimum Gasteiger partial charge on any atom is -0.341 e. The van der Waals surface area contributed by atoms with E-state index in [0.717, 1.165) is 50.3 Å². The molecule has 0 aromatic carbocycles. The van der Waals surface area contributed by atoms with Gasteiger partial charge in [-0.25, -0.2) is 0 Å². The molecule has 1 saturated carbocycles. The van der Waals surface area contributed by atoms with Gasteiger partial charge in [-0.1, -0.05) is 0 Å². The van der Waals surface area contributed by atoms with Gasteiger partial charge in [0, 0.05) is 50.7 Å². The van der Waals surface area contributed by atoms with Crippen molar-refractivity contribution in [3.05, 3.63) is 0 Å². The van der Waals surface area contributed by atoms with Crippen molar-refractivity contribution in [2.24, 2.45) is 5.92 Å². The summed E-state index contributed by atoms with van der Waals surface area (Å²) in [7, 11) is -0.331. The van der Waals surface area contributed by atoms with E-state index in [4.69, 9.17) is 0 Å². The van der Waals surface area contributed by atoms with Crippen LogP contribution in [0.5, 0.6) is 0 Å². The normalized spacial score (nSPS) is 27.9. The van der Waals surface area contributed by atoms with Crippen LogP contribution in [-0.2, 0) is 15.0 Å². The highest BCUT2D eigenvalue weighted by Crippen LogP contribution is 2.27. The number of hydrogen-bond donors (Lipinski definition) is 1. The molecule has 2 fully saturated rings. The highest BCUT2D eigenvalue weighted by Gasteiger charge is 2.31. The molecule has 0 radical (unpaired) electrons. The van der Waals surface area contributed by atoms with Gasteiger partial charge in [-0.3, -0.25) is 4.79 Å². The summed E-state index contributed by atoms with van der Waals surface area (Å²) in [6.45, 7) is 1.72. The number of hydrogen-bond acceptors (Lipinski definition) is 4. The molecule has 1 aliphatic heterocycles. The van der Waals surface area contributed by atoms with Gasteiger partial charge >= 0.3 is 0 Å². The van der Waals surface area contributed by atoms with Crippen LogP contribution >= 0.6 is 11.8 Å². The van der Waals surface area contributed by atoms with Gasteiger partial charge in [0.2, 0.25) is 5.91 Å². The minimum atomic E-state index is -3.37. The Hall–Kier alpha value is -0.310. The third kappa shape index (κ3) is 4.58. The molecule has 1 N–H and O–H groups in total. The molecule has 1 saturated heterocycles. The van der Waals surface area contributed by atoms with Gasteiger partial charge in [0.15, 0.2) is 0 Å². The molecule has 122 valence electrons. The maximum atomic E-state index is 12.4. The smallest absolute Gasteiger partial charge is 0.279 e. The van der Waals surface area contributed by atoms with E-state index in [-0.39, 0.29) is 17.9 Å². The van der Waals surface area contributed by atoms with E-state index in [0.29, 0.717) is 0 Å². The molecule has 0 unspecified atom stereocenters. The standard InChI is InChI=1S/C13H25N3O3S2/c1-15(2)21(18,19)14-12-5-3-11(4-6-12)13(17)16-7-9-20-10-8-16/h11-12,14H,3-10H2,1-2H3. The average Bonchev–Trinajstić information content (AvgIpc) is 2.48. The summed E-state index contributed by atoms with van der Waals surface area (Å²) < 4.78 is 27.5. The zero-order chi connectivity index (χ0) is 15.5. The van der Waals surface area contributed by atoms with E-state index in [1.165, 1.54) is 18.4 Å². The van der Waals surface area contributed by atoms with Crippen LogP contribution in [-0.4, -0.2) is 68.3 Å². The van der Waals surface area contributed by atoms with Crippen molar-refractivity contribution in [3.8, 4) is 0 Å². The van der Waals surface area contributed by atoms with E-state index in [1.807, 2.05) is 16.7 Å². The molecule has 21 heavy (non-hydrogen) atoms. The summed E-state index contributed by atoms with van der Waals surface area (Å²) in [5, 5.41) is 0. The van der Waals surface area contributed by atoms with E-state index in [1.54, 1.807) is 0 Å². The van der Waals surface area contributed by atoms with E-state index < -0.39 is 10.2 Å². The topological polar surface area (TPSA) is 69.7 Å². The number of thioether (sulfide) groups is 1. The van der Waals surface area contributed by atoms with Crippen molar-refractivity contribution < 1.29 is 13.2 Å². The molecule has 6 nitrogen and oxygen atoms in total. The summed E-state index contributed by atoms with van der Waals surface area (Å²) in [6, 6.07) is -0.0432. The maximum absolute atomic E-state index is 12.4. The first-order valence-corrected chi connectivity index (χ1v) is 10.1. The Morgan fingerprint density at radius 2 is 1.71 bits per heavy atom. The number of rotatable bonds is 4. The second-order valence-corrected chi connectivity index (χ2v) is 9.03. The van der Waals surface area contributed by atoms with Crippen LogP contribution in [0.1, 0.15) is 25.7 Å². The summed E-state index contributed by atoms with van der Waals surface area (Å²) in [4.78, 5) is 14.4. The largest absolute Gasteiger partial charge is 0.341 e. The van der Waals surface area contributed by atoms with Crippen molar-refractivity contribution in [1.29, 1.82) is 0 Å². The predicted octanol–water partition coefficient (Wildman–Crippen LogP) is 0.517. The molecule has 0 aromatic heterocycles. The molecule has 0 bridgehead atoms. The van der Waals surface area contributed by atoms with Gasteiger partial charge in [-0.2, -0.15) is 29.2 Å². The number of carbonyl (C=O) groups is 1. The Morgan fingerprint density at radius 3 is 2.24 bits per heavy atom. The van der Waals surface area contributed by atoms with Crippen molar-refractivity contribution in [1.82, 2.24) is 13.9 Å². The lowest BCUT2D eigenvalue weighted by Crippen LogP contribution is -2.46. The third-order valence-corrected chi connectivity index (χ3v) is 6.73. The van der Waals surface area contributed by atoms with Crippen LogP contribution in [0.4, 0.5) is 0 Å². The Labute approximate surface area is 131 Å². The average molecular weight is 335 g/mol. The molecule has 1 amide bonds. The van der Waals surface area contributed by atoms with Crippen molar-refractivity contribution >= 4 is 27.9 Å². The van der Waals surface area contributed by atoms with Crippen molar-refractivity contribution in [2.45, 2.75) is 31.7 Å². The van der Waals surface area contributed by atoms with Crippen LogP contribution in [0.15, 0.2) is 0 Å². The first-order valence-electron chi connectivity index (χ1n) is 7.46. The molecular weight excluding hydrogens is 310 g/mol. The Morgan fingerprint density at radius 1 is 1.14 bits per heavy atom. The van der Waals surface area contributed by atoms with Gasteiger partial charge in [0.1, 0.15) is 0 Å². The van der Waals surface area contributed by atoms with Crippen LogP contribution < -0.4 is 4.72 Å². The fourth-order valence-electron chi connectivity index (χ4n) is 2.82. The molecule has 2 aliphatic rings. The Bertz CT molecular complexity index is 453. The fraction of sp³-hybridized carbons (Fsp3) is 0.923. The summed E-state index contributed by atoms with van der Waals surface area (Å²) in [5.74, 6) is 2.41. The van der Waals surface area contributed by atoms with E-state index >= 15 is 0 Å². The zero-order valence-corrected chi connectivity index (χ0v) is 14.4. The summed E-state index contributed by atoms with van der Waals surface area (Å²) in [5.41, 5.74) is 0. The first kappa shape index (κ1) is 17.1. The number of nitrogens with one attached hydrogen (secondary N) is 1. The Kier molecular flexibility index (Phi) is 5.93. The molecule has 0 atom stereocenters. The zero-order valence-electron chi connectivity index (χ0n) is 12.7. The third-order valence-electron chi connectivity index (χ3n) is 4.20. The lowest BCUT2D eigenvalue weighted by atomic mass is 9.85. The summed E-state index contributed by atoms with van der Waals surface area (Å²) >= 11 is 1.90. The number of amides is 1. The quantitative estimate of drug-likeness (QED) is 0.813. The van der Waals surface area contributed by atoms with Crippen LogP contribution in [0.25, 0.3) is 0 Å². The predicted molar refractivity (Wildman–Crippen MR) is 85.4 cm³/mol. The first-order chi connectivity index (χ1) is 9.90. The van der Waals surface area contributed by atoms with Gasteiger partial charge < -0.3 is 4.90 Å². The maximum Gasteiger partial charge on any atom is 0.279 e. The second-order valence-electron chi connectivity index (χ2n) is 5.89. The van der Waals surface area contributed by atoms with Crippen molar-refractivity contribution in [3.63, 3.8) is 0 Å². The molecule has 0 aromatic rings. The number of nitrogens with zero attached hydrogens (tertiary/aromatic N) is 2. The molecule has 0 spiro atoms. The monoisotopic (exact) mass is 335 g/mol. The molecule has 2 rings (SSSR count).